The molecule has 0 saturated carbocycles. The minimum Gasteiger partial charge on any atom is -0.617 e. The van der Waals surface area contributed by atoms with Gasteiger partial charge >= 0.3 is 11.0 Å². The zero-order valence-electron chi connectivity index (χ0n) is 16.4. The van der Waals surface area contributed by atoms with E-state index in [0.29, 0.717) is 21.8 Å². The van der Waals surface area contributed by atoms with Crippen LogP contribution < -0.4 is 14.2 Å². The van der Waals surface area contributed by atoms with Crippen molar-refractivity contribution in [3.63, 3.8) is 0 Å². The van der Waals surface area contributed by atoms with Crippen molar-refractivity contribution in [3.05, 3.63) is 46.8 Å². The third-order valence-corrected chi connectivity index (χ3v) is 5.07. The van der Waals surface area contributed by atoms with Gasteiger partial charge in [0.1, 0.15) is 0 Å². The monoisotopic (exact) mass is 384 g/mol. The molecule has 2 aromatic carbocycles. The molecule has 0 aliphatic carbocycles. The van der Waals surface area contributed by atoms with Crippen molar-refractivity contribution in [2.45, 2.75) is 58.3 Å². The second kappa shape index (κ2) is 9.44. The van der Waals surface area contributed by atoms with Crippen LogP contribution in [0.4, 0.5) is 0 Å². The van der Waals surface area contributed by atoms with E-state index in [9.17, 15) is 15.5 Å². The number of hydrogen-bond donors (Lipinski definition) is 1. The van der Waals surface area contributed by atoms with Crippen molar-refractivity contribution < 1.29 is 19.3 Å². The average molecular weight is 384 g/mol. The van der Waals surface area contributed by atoms with Crippen LogP contribution in [0.3, 0.4) is 0 Å². The van der Waals surface area contributed by atoms with Crippen LogP contribution in [-0.2, 0) is 0 Å². The molecule has 1 N–H and O–H groups in total. The van der Waals surface area contributed by atoms with E-state index in [4.69, 9.17) is 4.74 Å². The van der Waals surface area contributed by atoms with E-state index in [2.05, 4.69) is 6.92 Å². The second-order valence-corrected chi connectivity index (χ2v) is 7.18. The van der Waals surface area contributed by atoms with Crippen LogP contribution >= 0.6 is 0 Å². The van der Waals surface area contributed by atoms with Crippen molar-refractivity contribution in [2.24, 2.45) is 0 Å². The Morgan fingerprint density at radius 2 is 1.36 bits per heavy atom. The van der Waals surface area contributed by atoms with Crippen LogP contribution in [0.15, 0.2) is 36.4 Å². The highest BCUT2D eigenvalue weighted by atomic mass is 16.5. The summed E-state index contributed by atoms with van der Waals surface area (Å²) < 4.78 is 7.11. The fourth-order valence-corrected chi connectivity index (χ4v) is 3.55. The molecule has 1 aromatic heterocycles. The van der Waals surface area contributed by atoms with Gasteiger partial charge in [-0.2, -0.15) is 9.46 Å². The number of aromatic hydroxyl groups is 1. The molecule has 6 nitrogen and oxygen atoms in total. The fourth-order valence-electron chi connectivity index (χ4n) is 3.55. The highest BCUT2D eigenvalue weighted by molar-refractivity contribution is 5.83. The second-order valence-electron chi connectivity index (χ2n) is 7.18. The summed E-state index contributed by atoms with van der Waals surface area (Å²) in [4.78, 5) is 0. The molecule has 0 radical (unpaired) electrons. The molecular weight excluding hydrogens is 356 g/mol. The minimum atomic E-state index is -0.218. The van der Waals surface area contributed by atoms with Gasteiger partial charge in [-0.25, -0.2) is 0 Å². The molecule has 0 atom stereocenters. The van der Waals surface area contributed by atoms with Gasteiger partial charge in [0, 0.05) is 12.1 Å². The molecule has 0 unspecified atom stereocenters. The summed E-state index contributed by atoms with van der Waals surface area (Å²) in [5.74, 6) is 0.176. The molecule has 3 rings (SSSR count). The zero-order chi connectivity index (χ0) is 19.9. The standard InChI is InChI=1S/C22H28N2O4/c1-2-3-4-5-6-7-8-9-16-28-20-15-11-13-18-22(20)24(27)17-12-10-14-19(25)21(17)23(18)26/h10-15,25H,2-9,16H2,1H3. The number of hydrogen-bond acceptors (Lipinski definition) is 4. The van der Waals surface area contributed by atoms with Gasteiger partial charge in [0.2, 0.25) is 0 Å². The molecule has 0 saturated heterocycles. The predicted octanol–water partition coefficient (Wildman–Crippen LogP) is 4.48. The summed E-state index contributed by atoms with van der Waals surface area (Å²) in [6.07, 6.45) is 9.61. The third kappa shape index (κ3) is 4.21. The number of unbranched alkanes of at least 4 members (excludes halogenated alkanes) is 7. The molecular formula is C22H28N2O4. The van der Waals surface area contributed by atoms with Crippen molar-refractivity contribution in [2.75, 3.05) is 6.61 Å². The van der Waals surface area contributed by atoms with Crippen molar-refractivity contribution in [1.29, 1.82) is 0 Å². The lowest BCUT2D eigenvalue weighted by Crippen LogP contribution is -2.39. The number of phenolic OH excluding ortho intramolecular Hbond substituents is 1. The Labute approximate surface area is 165 Å². The molecule has 0 aliphatic heterocycles. The number of ether oxygens (including phenoxy) is 1. The third-order valence-electron chi connectivity index (χ3n) is 5.07. The van der Waals surface area contributed by atoms with Gasteiger partial charge in [0.15, 0.2) is 11.5 Å². The Kier molecular flexibility index (Phi) is 6.74. The number of nitrogens with zero attached hydrogens (tertiary/aromatic N) is 2. The smallest absolute Gasteiger partial charge is 0.332 e. The van der Waals surface area contributed by atoms with Crippen molar-refractivity contribution >= 4 is 22.1 Å². The van der Waals surface area contributed by atoms with Crippen LogP contribution in [0, 0.1) is 10.4 Å². The molecule has 0 fully saturated rings. The summed E-state index contributed by atoms with van der Waals surface area (Å²) in [5.41, 5.74) is 0.448. The van der Waals surface area contributed by atoms with E-state index in [1.54, 1.807) is 24.3 Å². The molecule has 1 heterocycles. The van der Waals surface area contributed by atoms with E-state index in [0.717, 1.165) is 12.8 Å². The Bertz CT molecular complexity index is 943. The SMILES string of the molecule is CCCCCCCCCCOc1cccc2c1[n+]([O-])c1cccc(O)c1[n+]2[O-]. The van der Waals surface area contributed by atoms with Gasteiger partial charge in [-0.05, 0) is 18.6 Å². The number of aromatic nitrogens is 2. The Morgan fingerprint density at radius 3 is 2.07 bits per heavy atom. The predicted molar refractivity (Wildman–Crippen MR) is 109 cm³/mol. The molecule has 0 spiro atoms. The molecule has 3 aromatic rings. The number of phenols is 1. The van der Waals surface area contributed by atoms with Crippen LogP contribution in [0.25, 0.3) is 22.1 Å². The topological polar surface area (TPSA) is 83.3 Å². The Morgan fingerprint density at radius 1 is 0.786 bits per heavy atom. The summed E-state index contributed by atoms with van der Waals surface area (Å²) in [6.45, 7) is 2.72. The van der Waals surface area contributed by atoms with Gasteiger partial charge in [-0.15, -0.1) is 0 Å². The summed E-state index contributed by atoms with van der Waals surface area (Å²) in [7, 11) is 0. The van der Waals surface area contributed by atoms with Crippen LogP contribution in [-0.4, -0.2) is 11.7 Å². The number of rotatable bonds is 10. The maximum atomic E-state index is 12.8. The highest BCUT2D eigenvalue weighted by Crippen LogP contribution is 2.26. The highest BCUT2D eigenvalue weighted by Gasteiger charge is 2.26. The molecule has 0 bridgehead atoms. The first-order valence-corrected chi connectivity index (χ1v) is 10.2. The van der Waals surface area contributed by atoms with Gasteiger partial charge in [0.25, 0.3) is 11.0 Å². The summed E-state index contributed by atoms with van der Waals surface area (Å²) in [6, 6.07) is 9.41. The lowest BCUT2D eigenvalue weighted by atomic mass is 10.1. The van der Waals surface area contributed by atoms with Crippen LogP contribution in [0.2, 0.25) is 0 Å². The quantitative estimate of drug-likeness (QED) is 0.242. The van der Waals surface area contributed by atoms with E-state index >= 15 is 0 Å². The average Bonchev–Trinajstić information content (AvgIpc) is 2.70. The van der Waals surface area contributed by atoms with Crippen LogP contribution in [0.1, 0.15) is 58.3 Å². The zero-order valence-corrected chi connectivity index (χ0v) is 16.4. The summed E-state index contributed by atoms with van der Waals surface area (Å²) in [5, 5.41) is 35.5. The lowest BCUT2D eigenvalue weighted by molar-refractivity contribution is -0.591. The first kappa shape index (κ1) is 20.0. The van der Waals surface area contributed by atoms with Crippen molar-refractivity contribution in [3.8, 4) is 11.5 Å². The van der Waals surface area contributed by atoms with E-state index < -0.39 is 0 Å². The van der Waals surface area contributed by atoms with Crippen LogP contribution in [0.5, 0.6) is 11.5 Å². The Balaban J connectivity index is 1.70. The Hall–Kier alpha value is -2.76. The minimum absolute atomic E-state index is 0.0368. The number of benzene rings is 2. The van der Waals surface area contributed by atoms with Gasteiger partial charge in [-0.1, -0.05) is 64.0 Å². The molecule has 150 valence electrons. The van der Waals surface area contributed by atoms with E-state index in [-0.39, 0.29) is 27.8 Å². The molecule has 0 aliphatic rings. The maximum absolute atomic E-state index is 12.8. The van der Waals surface area contributed by atoms with E-state index in [1.165, 1.54) is 50.7 Å². The molecule has 0 amide bonds. The fraction of sp³-hybridized carbons (Fsp3) is 0.455. The van der Waals surface area contributed by atoms with Gasteiger partial charge in [0.05, 0.1) is 6.61 Å². The largest absolute Gasteiger partial charge is 0.617 e. The first-order chi connectivity index (χ1) is 13.6. The van der Waals surface area contributed by atoms with Gasteiger partial charge < -0.3 is 20.3 Å². The number of para-hydroxylation sites is 2. The molecule has 6 heteroatoms. The summed E-state index contributed by atoms with van der Waals surface area (Å²) >= 11 is 0. The molecule has 28 heavy (non-hydrogen) atoms. The normalized spacial score (nSPS) is 11.3. The maximum Gasteiger partial charge on any atom is 0.332 e. The van der Waals surface area contributed by atoms with Gasteiger partial charge in [-0.3, -0.25) is 0 Å². The first-order valence-electron chi connectivity index (χ1n) is 10.2. The van der Waals surface area contributed by atoms with E-state index in [1.807, 2.05) is 0 Å². The lowest BCUT2D eigenvalue weighted by Gasteiger charge is -2.11. The number of fused-ring (bicyclic) bond motifs is 2. The van der Waals surface area contributed by atoms with Crippen molar-refractivity contribution in [1.82, 2.24) is 0 Å².